The van der Waals surface area contributed by atoms with E-state index >= 15 is 0 Å². The van der Waals surface area contributed by atoms with Crippen molar-refractivity contribution in [2.45, 2.75) is 39.7 Å². The van der Waals surface area contributed by atoms with Crippen molar-refractivity contribution in [1.29, 1.82) is 0 Å². The summed E-state index contributed by atoms with van der Waals surface area (Å²) >= 11 is 0. The second-order valence-corrected chi connectivity index (χ2v) is 11.0. The van der Waals surface area contributed by atoms with Gasteiger partial charge >= 0.3 is 11.9 Å². The van der Waals surface area contributed by atoms with Gasteiger partial charge in [-0.15, -0.1) is 0 Å². The Morgan fingerprint density at radius 3 is 2.00 bits per heavy atom. The van der Waals surface area contributed by atoms with E-state index in [9.17, 15) is 24.0 Å². The number of esters is 2. The van der Waals surface area contributed by atoms with Crippen LogP contribution in [-0.2, 0) is 19.1 Å². The van der Waals surface area contributed by atoms with Crippen LogP contribution in [0.4, 0.5) is 0 Å². The van der Waals surface area contributed by atoms with Crippen molar-refractivity contribution in [2.24, 2.45) is 29.6 Å². The lowest BCUT2D eigenvalue weighted by molar-refractivity contribution is -0.159. The maximum atomic E-state index is 13.2. The molecule has 2 aromatic rings. The molecule has 2 amide bonds. The van der Waals surface area contributed by atoms with Gasteiger partial charge in [0.15, 0.2) is 12.4 Å². The molecule has 0 aromatic heterocycles. The first-order valence-corrected chi connectivity index (χ1v) is 13.3. The van der Waals surface area contributed by atoms with Gasteiger partial charge in [-0.05, 0) is 73.9 Å². The molecule has 8 nitrogen and oxygen atoms in total. The molecule has 3 aliphatic rings. The molecule has 202 valence electrons. The highest BCUT2D eigenvalue weighted by molar-refractivity contribution is 6.09. The summed E-state index contributed by atoms with van der Waals surface area (Å²) in [5, 5.41) is 0. The smallest absolute Gasteiger partial charge is 0.343 e. The Balaban J connectivity index is 1.20. The number of ketones is 1. The number of imide groups is 1. The highest BCUT2D eigenvalue weighted by atomic mass is 16.5. The van der Waals surface area contributed by atoms with E-state index in [1.165, 1.54) is 24.3 Å². The van der Waals surface area contributed by atoms with Gasteiger partial charge in [0.05, 0.1) is 17.4 Å². The second-order valence-electron chi connectivity index (χ2n) is 11.0. The van der Waals surface area contributed by atoms with Crippen LogP contribution in [0.2, 0.25) is 0 Å². The number of fused-ring (bicyclic) bond motifs is 5. The van der Waals surface area contributed by atoms with Crippen molar-refractivity contribution in [3.63, 3.8) is 0 Å². The van der Waals surface area contributed by atoms with Gasteiger partial charge in [-0.2, -0.15) is 0 Å². The quantitative estimate of drug-likeness (QED) is 0.158. The van der Waals surface area contributed by atoms with Crippen LogP contribution in [0.25, 0.3) is 0 Å². The zero-order chi connectivity index (χ0) is 27.8. The topological polar surface area (TPSA) is 107 Å². The molecule has 1 saturated heterocycles. The molecule has 8 heteroatoms. The van der Waals surface area contributed by atoms with E-state index in [1.54, 1.807) is 12.1 Å². The summed E-state index contributed by atoms with van der Waals surface area (Å²) in [7, 11) is 0. The summed E-state index contributed by atoms with van der Waals surface area (Å²) in [6.45, 7) is 5.18. The third-order valence-electron chi connectivity index (χ3n) is 7.80. The Hall–Kier alpha value is -4.07. The van der Waals surface area contributed by atoms with Crippen molar-refractivity contribution >= 4 is 29.5 Å². The summed E-state index contributed by atoms with van der Waals surface area (Å²) < 4.78 is 10.7. The fraction of sp³-hybridized carbons (Fsp3) is 0.387. The predicted molar refractivity (Wildman–Crippen MR) is 141 cm³/mol. The number of Topliss-reactive ketones (excluding diaryl/α,β-unsaturated/α-hetero) is 1. The Kier molecular flexibility index (Phi) is 7.21. The van der Waals surface area contributed by atoms with Gasteiger partial charge in [-0.1, -0.05) is 43.7 Å². The molecule has 0 radical (unpaired) electrons. The summed E-state index contributed by atoms with van der Waals surface area (Å²) in [6, 6.07) is 11.9. The lowest BCUT2D eigenvalue weighted by Gasteiger charge is -2.27. The minimum absolute atomic E-state index is 0.0179. The second kappa shape index (κ2) is 10.6. The normalized spacial score (nSPS) is 23.7. The summed E-state index contributed by atoms with van der Waals surface area (Å²) in [5.74, 6) is -2.81. The molecule has 5 unspecified atom stereocenters. The molecule has 0 N–H and O–H groups in total. The van der Waals surface area contributed by atoms with Crippen molar-refractivity contribution in [3.05, 3.63) is 77.4 Å². The zero-order valence-electron chi connectivity index (χ0n) is 22.2. The molecule has 39 heavy (non-hydrogen) atoms. The fourth-order valence-electron chi connectivity index (χ4n) is 5.87. The molecule has 2 aromatic carbocycles. The average molecular weight is 530 g/mol. The Morgan fingerprint density at radius 2 is 1.44 bits per heavy atom. The average Bonchev–Trinajstić information content (AvgIpc) is 3.60. The molecule has 2 bridgehead atoms. The van der Waals surface area contributed by atoms with E-state index in [1.807, 2.05) is 45.1 Å². The van der Waals surface area contributed by atoms with Crippen molar-refractivity contribution in [2.75, 3.05) is 6.61 Å². The van der Waals surface area contributed by atoms with Gasteiger partial charge in [0, 0.05) is 5.56 Å². The summed E-state index contributed by atoms with van der Waals surface area (Å²) in [6.07, 6.45) is 5.07. The van der Waals surface area contributed by atoms with E-state index in [0.717, 1.165) is 16.9 Å². The minimum Gasteiger partial charge on any atom is -0.456 e. The summed E-state index contributed by atoms with van der Waals surface area (Å²) in [4.78, 5) is 65.8. The molecule has 1 aliphatic heterocycles. The highest BCUT2D eigenvalue weighted by Gasteiger charge is 2.61. The number of ether oxygens (including phenoxy) is 2. The van der Waals surface area contributed by atoms with Gasteiger partial charge in [-0.25, -0.2) is 9.59 Å². The highest BCUT2D eigenvalue weighted by Crippen LogP contribution is 2.53. The monoisotopic (exact) mass is 529 g/mol. The first kappa shape index (κ1) is 26.5. The van der Waals surface area contributed by atoms with Gasteiger partial charge in [0.1, 0.15) is 11.8 Å². The van der Waals surface area contributed by atoms with Crippen LogP contribution in [0.5, 0.6) is 5.75 Å². The number of aryl methyl sites for hydroxylation is 1. The number of hydrogen-bond acceptors (Lipinski definition) is 7. The number of allylic oxidation sites excluding steroid dienone is 2. The third-order valence-corrected chi connectivity index (χ3v) is 7.80. The van der Waals surface area contributed by atoms with Crippen LogP contribution in [0.1, 0.15) is 53.0 Å². The molecule has 1 heterocycles. The van der Waals surface area contributed by atoms with Crippen LogP contribution < -0.4 is 4.74 Å². The molecule has 2 fully saturated rings. The van der Waals surface area contributed by atoms with E-state index in [4.69, 9.17) is 9.47 Å². The van der Waals surface area contributed by atoms with Crippen LogP contribution >= 0.6 is 0 Å². The minimum atomic E-state index is -1.06. The van der Waals surface area contributed by atoms with Gasteiger partial charge in [0.2, 0.25) is 11.8 Å². The molecule has 2 aliphatic carbocycles. The maximum absolute atomic E-state index is 13.2. The third kappa shape index (κ3) is 5.15. The molecule has 1 saturated carbocycles. The number of carbonyl (C=O) groups excluding carboxylic acids is 5. The Morgan fingerprint density at radius 1 is 0.872 bits per heavy atom. The number of likely N-dealkylation sites (tertiary alicyclic amines) is 1. The molecule has 0 spiro atoms. The van der Waals surface area contributed by atoms with Crippen LogP contribution in [-0.4, -0.2) is 47.1 Å². The van der Waals surface area contributed by atoms with Crippen molar-refractivity contribution in [1.82, 2.24) is 4.90 Å². The van der Waals surface area contributed by atoms with E-state index in [2.05, 4.69) is 0 Å². The Labute approximate surface area is 227 Å². The van der Waals surface area contributed by atoms with E-state index < -0.39 is 42.2 Å². The number of rotatable bonds is 9. The van der Waals surface area contributed by atoms with Gasteiger partial charge in [0.25, 0.3) is 0 Å². The number of nitrogens with zero attached hydrogens (tertiary/aromatic N) is 1. The van der Waals surface area contributed by atoms with Crippen molar-refractivity contribution < 1.29 is 33.4 Å². The zero-order valence-corrected chi connectivity index (χ0v) is 22.2. The fourth-order valence-corrected chi connectivity index (χ4v) is 5.87. The molecular formula is C31H31NO7. The SMILES string of the molecule is Cc1ccc(C(=O)Oc2ccc(C(=O)COC(=O)C(CC(C)C)N3C(=O)C4C5C=CC(C5)C4C3=O)cc2)cc1. The summed E-state index contributed by atoms with van der Waals surface area (Å²) in [5.41, 5.74) is 1.70. The number of amides is 2. The molecule has 5 atom stereocenters. The first-order valence-electron chi connectivity index (χ1n) is 13.3. The van der Waals surface area contributed by atoms with Crippen molar-refractivity contribution in [3.8, 4) is 5.75 Å². The predicted octanol–water partition coefficient (Wildman–Crippen LogP) is 4.16. The molecule has 5 rings (SSSR count). The molecular weight excluding hydrogens is 498 g/mol. The lowest BCUT2D eigenvalue weighted by atomic mass is 9.85. The Bertz CT molecular complexity index is 1310. The first-order chi connectivity index (χ1) is 18.6. The standard InChI is InChI=1S/C31H31NO7/c1-17(2)14-24(32-28(34)26-21-8-9-22(15-21)27(26)29(32)35)31(37)38-16-25(33)19-10-12-23(13-11-19)39-30(36)20-6-4-18(3)5-7-20/h4-13,17,21-22,24,26-27H,14-16H2,1-3H3. The number of carbonyl (C=O) groups is 5. The van der Waals surface area contributed by atoms with Gasteiger partial charge < -0.3 is 9.47 Å². The number of hydrogen-bond donors (Lipinski definition) is 0. The van der Waals surface area contributed by atoms with Crippen LogP contribution in [0.3, 0.4) is 0 Å². The lowest BCUT2D eigenvalue weighted by Crippen LogP contribution is -2.48. The van der Waals surface area contributed by atoms with E-state index in [0.29, 0.717) is 5.56 Å². The maximum Gasteiger partial charge on any atom is 0.343 e. The van der Waals surface area contributed by atoms with Crippen LogP contribution in [0, 0.1) is 36.5 Å². The van der Waals surface area contributed by atoms with Crippen LogP contribution in [0.15, 0.2) is 60.7 Å². The largest absolute Gasteiger partial charge is 0.456 e. The number of benzene rings is 2. The van der Waals surface area contributed by atoms with E-state index in [-0.39, 0.29) is 47.3 Å². The van der Waals surface area contributed by atoms with Gasteiger partial charge in [-0.3, -0.25) is 19.3 Å².